The predicted octanol–water partition coefficient (Wildman–Crippen LogP) is 7.94. The topological polar surface area (TPSA) is 142 Å². The molecular formula is C35H27F2N5O6S3. The van der Waals surface area contributed by atoms with Gasteiger partial charge in [0.25, 0.3) is 10.0 Å². The third-order valence-electron chi connectivity index (χ3n) is 7.19. The van der Waals surface area contributed by atoms with Crippen molar-refractivity contribution in [3.05, 3.63) is 121 Å². The molecule has 0 spiro atoms. The number of pyridine rings is 4. The summed E-state index contributed by atoms with van der Waals surface area (Å²) in [4.78, 5) is 28.7. The van der Waals surface area contributed by atoms with Crippen molar-refractivity contribution in [3.63, 3.8) is 0 Å². The molecule has 0 unspecified atom stereocenters. The lowest BCUT2D eigenvalue weighted by Crippen LogP contribution is -2.15. The number of anilines is 1. The van der Waals surface area contributed by atoms with Crippen molar-refractivity contribution in [3.8, 4) is 28.1 Å². The highest BCUT2D eigenvalue weighted by Gasteiger charge is 2.22. The Kier molecular flexibility index (Phi) is 11.2. The van der Waals surface area contributed by atoms with E-state index in [4.69, 9.17) is 14.2 Å². The van der Waals surface area contributed by atoms with Gasteiger partial charge in [-0.05, 0) is 76.5 Å². The first-order valence-electron chi connectivity index (χ1n) is 15.1. The van der Waals surface area contributed by atoms with Crippen molar-refractivity contribution in [2.75, 3.05) is 24.2 Å². The van der Waals surface area contributed by atoms with E-state index in [0.717, 1.165) is 33.7 Å². The molecule has 0 saturated carbocycles. The molecule has 0 bridgehead atoms. The fourth-order valence-corrected chi connectivity index (χ4v) is 7.63. The Balaban J connectivity index is 1.14. The summed E-state index contributed by atoms with van der Waals surface area (Å²) in [7, 11) is -0.137. The van der Waals surface area contributed by atoms with E-state index in [1.807, 2.05) is 42.5 Å². The third-order valence-corrected chi connectivity index (χ3v) is 10.8. The first kappa shape index (κ1) is 35.5. The second-order valence-electron chi connectivity index (χ2n) is 10.6. The highest BCUT2D eigenvalue weighted by Crippen LogP contribution is 2.34. The molecule has 0 aliphatic rings. The number of hydrogen-bond acceptors (Lipinski definition) is 12. The zero-order valence-electron chi connectivity index (χ0n) is 26.7. The minimum Gasteiger partial charge on any atom is -0.480 e. The van der Waals surface area contributed by atoms with Gasteiger partial charge in [-0.2, -0.15) is 0 Å². The van der Waals surface area contributed by atoms with Crippen molar-refractivity contribution in [2.45, 2.75) is 16.5 Å². The monoisotopic (exact) mass is 747 g/mol. The Hall–Kier alpha value is -5.32. The maximum absolute atomic E-state index is 14.4. The number of sulfonamides is 1. The Bertz CT molecular complexity index is 2290. The highest BCUT2D eigenvalue weighted by molar-refractivity contribution is 8.76. The molecule has 2 aromatic carbocycles. The van der Waals surface area contributed by atoms with E-state index in [1.165, 1.54) is 41.0 Å². The minimum absolute atomic E-state index is 0.0466. The Morgan fingerprint density at radius 2 is 1.69 bits per heavy atom. The van der Waals surface area contributed by atoms with Crippen molar-refractivity contribution in [2.24, 2.45) is 0 Å². The van der Waals surface area contributed by atoms with Gasteiger partial charge < -0.3 is 14.2 Å². The first-order chi connectivity index (χ1) is 24.7. The summed E-state index contributed by atoms with van der Waals surface area (Å²) in [6.45, 7) is 0.118. The molecule has 4 aromatic heterocycles. The number of carbonyl (C=O) groups is 1. The molecule has 6 aromatic rings. The van der Waals surface area contributed by atoms with Crippen LogP contribution in [0.3, 0.4) is 0 Å². The lowest BCUT2D eigenvalue weighted by atomic mass is 9.98. The SMILES string of the molecule is COc1ncc(-c2ccc3nccc(-c4ccc(COC(=O)OCCSSc5ccccn5)nc4)c3c2)cc1NS(=O)(=O)c1ccc(F)cc1F. The molecule has 0 atom stereocenters. The highest BCUT2D eigenvalue weighted by atomic mass is 33.1. The number of halogens is 2. The van der Waals surface area contributed by atoms with E-state index in [-0.39, 0.29) is 24.8 Å². The van der Waals surface area contributed by atoms with Crippen molar-refractivity contribution in [1.82, 2.24) is 19.9 Å². The van der Waals surface area contributed by atoms with Crippen LogP contribution in [0.5, 0.6) is 5.88 Å². The number of nitrogens with zero attached hydrogens (tertiary/aromatic N) is 4. The standard InChI is InChI=1S/C35H27F2N5O6S3/c1-46-34-31(42-51(44,45)32-10-7-25(36)18-29(32)37)17-24(20-41-34)22-6-9-30-28(16-22)27(11-13-38-30)23-5-8-26(40-19-23)21-48-35(43)47-14-15-49-50-33-4-2-3-12-39-33/h2-13,16-20,42H,14-15,21H2,1H3. The van der Waals surface area contributed by atoms with Gasteiger partial charge in [0.15, 0.2) is 0 Å². The lowest BCUT2D eigenvalue weighted by Gasteiger charge is -2.14. The van der Waals surface area contributed by atoms with Crippen LogP contribution >= 0.6 is 21.6 Å². The number of benzene rings is 2. The minimum atomic E-state index is -4.46. The summed E-state index contributed by atoms with van der Waals surface area (Å²) in [6.07, 6.45) is 5.77. The zero-order chi connectivity index (χ0) is 35.8. The second kappa shape index (κ2) is 16.1. The molecule has 1 N–H and O–H groups in total. The maximum atomic E-state index is 14.4. The smallest absolute Gasteiger partial charge is 0.480 e. The summed E-state index contributed by atoms with van der Waals surface area (Å²) in [5.74, 6) is -1.63. The van der Waals surface area contributed by atoms with Crippen LogP contribution in [0, 0.1) is 11.6 Å². The number of carbonyl (C=O) groups excluding carboxylic acids is 1. The molecule has 260 valence electrons. The van der Waals surface area contributed by atoms with Crippen LogP contribution in [0.25, 0.3) is 33.2 Å². The van der Waals surface area contributed by atoms with E-state index >= 15 is 0 Å². The molecule has 0 fully saturated rings. The van der Waals surface area contributed by atoms with Gasteiger partial charge in [0.1, 0.15) is 40.5 Å². The maximum Gasteiger partial charge on any atom is 0.508 e. The van der Waals surface area contributed by atoms with E-state index in [2.05, 4.69) is 24.7 Å². The number of methoxy groups -OCH3 is 1. The normalized spacial score (nSPS) is 11.3. The lowest BCUT2D eigenvalue weighted by molar-refractivity contribution is 0.0534. The molecule has 0 radical (unpaired) electrons. The Labute approximate surface area is 299 Å². The van der Waals surface area contributed by atoms with Gasteiger partial charge in [0, 0.05) is 53.1 Å². The molecular weight excluding hydrogens is 721 g/mol. The molecule has 0 aliphatic carbocycles. The summed E-state index contributed by atoms with van der Waals surface area (Å²) < 4.78 is 71.7. The Morgan fingerprint density at radius 3 is 2.45 bits per heavy atom. The number of rotatable bonds is 13. The third kappa shape index (κ3) is 8.89. The van der Waals surface area contributed by atoms with Crippen LogP contribution in [-0.4, -0.2) is 54.0 Å². The number of fused-ring (bicyclic) bond motifs is 1. The van der Waals surface area contributed by atoms with Crippen molar-refractivity contribution < 1.29 is 36.2 Å². The second-order valence-corrected chi connectivity index (χ2v) is 14.6. The van der Waals surface area contributed by atoms with E-state index in [1.54, 1.807) is 30.7 Å². The fourth-order valence-electron chi connectivity index (χ4n) is 4.82. The summed E-state index contributed by atoms with van der Waals surface area (Å²) >= 11 is 0. The molecule has 6 rings (SSSR count). The molecule has 51 heavy (non-hydrogen) atoms. The van der Waals surface area contributed by atoms with E-state index < -0.39 is 32.7 Å². The fraction of sp³-hybridized carbons (Fsp3) is 0.114. The number of hydrogen-bond donors (Lipinski definition) is 1. The summed E-state index contributed by atoms with van der Waals surface area (Å²) in [5.41, 5.74) is 3.95. The Morgan fingerprint density at radius 1 is 0.843 bits per heavy atom. The van der Waals surface area contributed by atoms with Gasteiger partial charge in [0.05, 0.1) is 18.3 Å². The van der Waals surface area contributed by atoms with Crippen LogP contribution in [0.15, 0.2) is 114 Å². The van der Waals surface area contributed by atoms with Gasteiger partial charge >= 0.3 is 6.16 Å². The predicted molar refractivity (Wildman–Crippen MR) is 191 cm³/mol. The molecule has 0 aliphatic heterocycles. The van der Waals surface area contributed by atoms with Gasteiger partial charge in [-0.3, -0.25) is 14.7 Å². The van der Waals surface area contributed by atoms with Crippen LogP contribution in [0.2, 0.25) is 0 Å². The number of ether oxygens (including phenoxy) is 3. The van der Waals surface area contributed by atoms with E-state index in [9.17, 15) is 22.0 Å². The van der Waals surface area contributed by atoms with E-state index in [0.29, 0.717) is 34.2 Å². The average Bonchev–Trinajstić information content (AvgIpc) is 3.13. The van der Waals surface area contributed by atoms with Gasteiger partial charge in [-0.25, -0.2) is 32.0 Å². The van der Waals surface area contributed by atoms with Crippen LogP contribution in [-0.2, 0) is 26.1 Å². The van der Waals surface area contributed by atoms with Gasteiger partial charge in [-0.1, -0.05) is 29.0 Å². The first-order valence-corrected chi connectivity index (χ1v) is 18.9. The van der Waals surface area contributed by atoms with Gasteiger partial charge in [0.2, 0.25) is 5.88 Å². The number of aromatic nitrogens is 4. The number of nitrogens with one attached hydrogen (secondary N) is 1. The van der Waals surface area contributed by atoms with Crippen LogP contribution < -0.4 is 9.46 Å². The van der Waals surface area contributed by atoms with Crippen molar-refractivity contribution >= 4 is 54.4 Å². The average molecular weight is 748 g/mol. The van der Waals surface area contributed by atoms with Crippen molar-refractivity contribution in [1.29, 1.82) is 0 Å². The molecule has 16 heteroatoms. The van der Waals surface area contributed by atoms with Crippen LogP contribution in [0.1, 0.15) is 5.69 Å². The molecule has 4 heterocycles. The zero-order valence-corrected chi connectivity index (χ0v) is 29.1. The quantitative estimate of drug-likeness (QED) is 0.0696. The van der Waals surface area contributed by atoms with Crippen LogP contribution in [0.4, 0.5) is 19.3 Å². The summed E-state index contributed by atoms with van der Waals surface area (Å²) in [5, 5.41) is 1.64. The molecule has 0 amide bonds. The molecule has 11 nitrogen and oxygen atoms in total. The summed E-state index contributed by atoms with van der Waals surface area (Å²) in [6, 6.07) is 20.2. The molecule has 0 saturated heterocycles. The largest absolute Gasteiger partial charge is 0.508 e. The van der Waals surface area contributed by atoms with Gasteiger partial charge in [-0.15, -0.1) is 0 Å².